The summed E-state index contributed by atoms with van der Waals surface area (Å²) in [5.41, 5.74) is 4.95. The Morgan fingerprint density at radius 1 is 1.69 bits per heavy atom. The first-order valence-electron chi connectivity index (χ1n) is 4.26. The maximum Gasteiger partial charge on any atom is 0.329 e. The Morgan fingerprint density at radius 2 is 2.38 bits per heavy atom. The van der Waals surface area contributed by atoms with E-state index in [0.29, 0.717) is 0 Å². The first-order valence-corrected chi connectivity index (χ1v) is 4.26. The average Bonchev–Trinajstić information content (AvgIpc) is 2.25. The molecule has 0 aromatic carbocycles. The number of amides is 1. The molecule has 0 saturated heterocycles. The van der Waals surface area contributed by atoms with Gasteiger partial charge in [-0.1, -0.05) is 0 Å². The third kappa shape index (κ3) is 2.77. The molecular weight excluding hydrogens is 216 g/mol. The summed E-state index contributed by atoms with van der Waals surface area (Å²) in [7, 11) is 1.45. The fourth-order valence-corrected chi connectivity index (χ4v) is 0.905. The second-order valence-electron chi connectivity index (χ2n) is 2.75. The lowest BCUT2D eigenvalue weighted by Crippen LogP contribution is -2.26. The van der Waals surface area contributed by atoms with E-state index in [1.165, 1.54) is 7.05 Å². The van der Waals surface area contributed by atoms with Crippen molar-refractivity contribution >= 4 is 23.4 Å². The van der Waals surface area contributed by atoms with Gasteiger partial charge in [0.1, 0.15) is 6.20 Å². The number of aromatic nitrogens is 2. The molecule has 16 heavy (non-hydrogen) atoms. The Hall–Kier alpha value is -2.45. The molecule has 0 radical (unpaired) electrons. The molecule has 0 aliphatic carbocycles. The second kappa shape index (κ2) is 4.87. The molecular formula is C7H10N6O3. The number of hydrogen-bond acceptors (Lipinski definition) is 7. The number of hydrogen-bond donors (Lipinski definition) is 3. The van der Waals surface area contributed by atoms with Gasteiger partial charge in [0.25, 0.3) is 0 Å². The topological polar surface area (TPSA) is 136 Å². The van der Waals surface area contributed by atoms with Crippen molar-refractivity contribution in [3.05, 3.63) is 16.3 Å². The highest BCUT2D eigenvalue weighted by Gasteiger charge is 2.16. The van der Waals surface area contributed by atoms with Crippen LogP contribution in [0.3, 0.4) is 0 Å². The minimum atomic E-state index is -0.661. The van der Waals surface area contributed by atoms with E-state index in [1.807, 2.05) is 0 Å². The molecule has 9 nitrogen and oxygen atoms in total. The standard InChI is InChI=1S/C7H10N6O3/c1-9-5(14)3-10-6-4(13(15)16)2-11-7(8)12-6/h2H,3H2,1H3,(H,9,14)(H3,8,10,11,12). The van der Waals surface area contributed by atoms with Gasteiger partial charge in [0.05, 0.1) is 11.5 Å². The van der Waals surface area contributed by atoms with Crippen molar-refractivity contribution in [2.75, 3.05) is 24.6 Å². The van der Waals surface area contributed by atoms with Crippen LogP contribution in [0.4, 0.5) is 17.5 Å². The van der Waals surface area contributed by atoms with Crippen LogP contribution in [-0.4, -0.2) is 34.4 Å². The summed E-state index contributed by atoms with van der Waals surface area (Å²) in [6.45, 7) is -0.131. The molecule has 0 saturated carbocycles. The van der Waals surface area contributed by atoms with Crippen LogP contribution in [0.15, 0.2) is 6.20 Å². The molecule has 1 rings (SSSR count). The lowest BCUT2D eigenvalue weighted by atomic mass is 10.4. The van der Waals surface area contributed by atoms with Crippen molar-refractivity contribution in [2.45, 2.75) is 0 Å². The van der Waals surface area contributed by atoms with Crippen molar-refractivity contribution in [3.63, 3.8) is 0 Å². The fraction of sp³-hybridized carbons (Fsp3) is 0.286. The van der Waals surface area contributed by atoms with Crippen molar-refractivity contribution in [1.82, 2.24) is 15.3 Å². The summed E-state index contributed by atoms with van der Waals surface area (Å²) in [6, 6.07) is 0. The second-order valence-corrected chi connectivity index (χ2v) is 2.75. The summed E-state index contributed by atoms with van der Waals surface area (Å²) >= 11 is 0. The summed E-state index contributed by atoms with van der Waals surface area (Å²) in [5.74, 6) is -0.516. The molecule has 0 fully saturated rings. The van der Waals surface area contributed by atoms with E-state index in [1.54, 1.807) is 0 Å². The monoisotopic (exact) mass is 226 g/mol. The number of anilines is 2. The zero-order chi connectivity index (χ0) is 12.1. The Kier molecular flexibility index (Phi) is 3.53. The van der Waals surface area contributed by atoms with Gasteiger partial charge in [-0.15, -0.1) is 0 Å². The molecule has 4 N–H and O–H groups in total. The molecule has 0 bridgehead atoms. The quantitative estimate of drug-likeness (QED) is 0.448. The van der Waals surface area contributed by atoms with Gasteiger partial charge in [-0.05, 0) is 0 Å². The van der Waals surface area contributed by atoms with E-state index < -0.39 is 4.92 Å². The summed E-state index contributed by atoms with van der Waals surface area (Å²) in [5, 5.41) is 15.4. The highest BCUT2D eigenvalue weighted by Crippen LogP contribution is 2.20. The molecule has 0 unspecified atom stereocenters. The van der Waals surface area contributed by atoms with E-state index in [4.69, 9.17) is 5.73 Å². The van der Waals surface area contributed by atoms with Gasteiger partial charge in [-0.3, -0.25) is 14.9 Å². The van der Waals surface area contributed by atoms with Crippen LogP contribution < -0.4 is 16.4 Å². The number of nitrogens with one attached hydrogen (secondary N) is 2. The van der Waals surface area contributed by atoms with E-state index in [0.717, 1.165) is 6.20 Å². The van der Waals surface area contributed by atoms with Gasteiger partial charge in [0.15, 0.2) is 0 Å². The van der Waals surface area contributed by atoms with Crippen molar-refractivity contribution in [3.8, 4) is 0 Å². The van der Waals surface area contributed by atoms with Gasteiger partial charge in [0, 0.05) is 7.05 Å². The SMILES string of the molecule is CNC(=O)CNc1nc(N)ncc1[N+](=O)[O-]. The highest BCUT2D eigenvalue weighted by atomic mass is 16.6. The van der Waals surface area contributed by atoms with Crippen LogP contribution in [0.1, 0.15) is 0 Å². The smallest absolute Gasteiger partial charge is 0.329 e. The lowest BCUT2D eigenvalue weighted by molar-refractivity contribution is -0.384. The molecule has 0 aliphatic rings. The van der Waals surface area contributed by atoms with Crippen LogP contribution >= 0.6 is 0 Å². The number of nitrogen functional groups attached to an aromatic ring is 1. The average molecular weight is 226 g/mol. The number of likely N-dealkylation sites (N-methyl/N-ethyl adjacent to an activating group) is 1. The van der Waals surface area contributed by atoms with E-state index >= 15 is 0 Å². The van der Waals surface area contributed by atoms with Crippen molar-refractivity contribution in [2.24, 2.45) is 0 Å². The molecule has 0 aliphatic heterocycles. The van der Waals surface area contributed by atoms with Crippen LogP contribution in [0.5, 0.6) is 0 Å². The predicted molar refractivity (Wildman–Crippen MR) is 55.7 cm³/mol. The molecule has 1 heterocycles. The third-order valence-electron chi connectivity index (χ3n) is 1.68. The van der Waals surface area contributed by atoms with E-state index in [9.17, 15) is 14.9 Å². The van der Waals surface area contributed by atoms with Crippen molar-refractivity contribution in [1.29, 1.82) is 0 Å². The molecule has 0 spiro atoms. The van der Waals surface area contributed by atoms with Gasteiger partial charge >= 0.3 is 5.69 Å². The maximum atomic E-state index is 10.9. The molecule has 1 amide bonds. The van der Waals surface area contributed by atoms with Crippen LogP contribution in [-0.2, 0) is 4.79 Å². The molecule has 0 atom stereocenters. The van der Waals surface area contributed by atoms with Crippen LogP contribution in [0.2, 0.25) is 0 Å². The minimum absolute atomic E-state index is 0.0823. The largest absolute Gasteiger partial charge is 0.368 e. The summed E-state index contributed by atoms with van der Waals surface area (Å²) in [6.07, 6.45) is 0.981. The van der Waals surface area contributed by atoms with E-state index in [-0.39, 0.29) is 29.9 Å². The number of rotatable bonds is 4. The van der Waals surface area contributed by atoms with Gasteiger partial charge < -0.3 is 16.4 Å². The number of nitro groups is 1. The van der Waals surface area contributed by atoms with E-state index in [2.05, 4.69) is 20.6 Å². The summed E-state index contributed by atoms with van der Waals surface area (Å²) in [4.78, 5) is 28.0. The summed E-state index contributed by atoms with van der Waals surface area (Å²) < 4.78 is 0. The normalized spacial score (nSPS) is 9.56. The number of carbonyl (C=O) groups is 1. The molecule has 1 aromatic rings. The molecule has 1 aromatic heterocycles. The number of carbonyl (C=O) groups excluding carboxylic acids is 1. The maximum absolute atomic E-state index is 10.9. The number of nitrogens with zero attached hydrogens (tertiary/aromatic N) is 3. The third-order valence-corrected chi connectivity index (χ3v) is 1.68. The Labute approximate surface area is 90.2 Å². The van der Waals surface area contributed by atoms with Crippen LogP contribution in [0, 0.1) is 10.1 Å². The molecule has 9 heteroatoms. The van der Waals surface area contributed by atoms with Crippen molar-refractivity contribution < 1.29 is 9.72 Å². The molecule has 86 valence electrons. The Morgan fingerprint density at radius 3 is 2.94 bits per heavy atom. The fourth-order valence-electron chi connectivity index (χ4n) is 0.905. The Balaban J connectivity index is 2.88. The van der Waals surface area contributed by atoms with Gasteiger partial charge in [-0.2, -0.15) is 4.98 Å². The number of nitrogens with two attached hydrogens (primary N) is 1. The predicted octanol–water partition coefficient (Wildman–Crippen LogP) is -0.875. The van der Waals surface area contributed by atoms with Gasteiger partial charge in [0.2, 0.25) is 17.7 Å². The first-order chi connectivity index (χ1) is 7.54. The Bertz CT molecular complexity index is 421. The zero-order valence-corrected chi connectivity index (χ0v) is 8.43. The minimum Gasteiger partial charge on any atom is -0.368 e. The van der Waals surface area contributed by atoms with Crippen LogP contribution in [0.25, 0.3) is 0 Å². The lowest BCUT2D eigenvalue weighted by Gasteiger charge is -2.05. The zero-order valence-electron chi connectivity index (χ0n) is 8.43. The highest BCUT2D eigenvalue weighted by molar-refractivity contribution is 5.80. The van der Waals surface area contributed by atoms with Gasteiger partial charge in [-0.25, -0.2) is 4.98 Å². The first kappa shape index (κ1) is 11.6.